The Labute approximate surface area is 175 Å². The highest BCUT2D eigenvalue weighted by molar-refractivity contribution is 5.87. The van der Waals surface area contributed by atoms with E-state index in [-0.39, 0.29) is 11.3 Å². The summed E-state index contributed by atoms with van der Waals surface area (Å²) in [5.41, 5.74) is 1.83. The molecule has 0 saturated carbocycles. The van der Waals surface area contributed by atoms with E-state index in [0.717, 1.165) is 37.3 Å². The first kappa shape index (κ1) is 20.2. The molecule has 2 aromatic carbocycles. The summed E-state index contributed by atoms with van der Waals surface area (Å²) in [4.78, 5) is 15.3. The first-order chi connectivity index (χ1) is 14.7. The maximum atomic E-state index is 12.9. The lowest BCUT2D eigenvalue weighted by molar-refractivity contribution is 0.349. The van der Waals surface area contributed by atoms with Crippen molar-refractivity contribution in [3.05, 3.63) is 76.1 Å². The molecule has 4 rings (SSSR count). The van der Waals surface area contributed by atoms with E-state index < -0.39 is 11.5 Å². The van der Waals surface area contributed by atoms with Gasteiger partial charge in [0.2, 0.25) is 0 Å². The molecule has 1 aromatic heterocycles. The highest BCUT2D eigenvalue weighted by atomic mass is 16.4. The molecule has 0 spiro atoms. The van der Waals surface area contributed by atoms with Gasteiger partial charge in [-0.2, -0.15) is 5.10 Å². The molecule has 3 aromatic rings. The fraction of sp³-hybridized carbons (Fsp3) is 0.333. The quantitative estimate of drug-likeness (QED) is 0.270. The number of rotatable bonds is 7. The predicted octanol–water partition coefficient (Wildman–Crippen LogP) is 3.82. The smallest absolute Gasteiger partial charge is 0.343 e. The van der Waals surface area contributed by atoms with Crippen LogP contribution in [0.15, 0.2) is 68.9 Å². The summed E-state index contributed by atoms with van der Waals surface area (Å²) in [5.74, 6) is 5.30. The summed E-state index contributed by atoms with van der Waals surface area (Å²) in [6.07, 6.45) is 3.64. The molecule has 156 valence electrons. The summed E-state index contributed by atoms with van der Waals surface area (Å²) >= 11 is 0. The first-order valence-corrected chi connectivity index (χ1v) is 10.4. The molecule has 0 aliphatic carbocycles. The van der Waals surface area contributed by atoms with Gasteiger partial charge in [-0.1, -0.05) is 42.5 Å². The van der Waals surface area contributed by atoms with Crippen molar-refractivity contribution in [2.24, 2.45) is 10.9 Å². The van der Waals surface area contributed by atoms with Crippen molar-refractivity contribution in [3.8, 4) is 5.75 Å². The van der Waals surface area contributed by atoms with Gasteiger partial charge in [-0.05, 0) is 50.0 Å². The predicted molar refractivity (Wildman–Crippen MR) is 119 cm³/mol. The molecule has 0 amide bonds. The molecule has 0 bridgehead atoms. The Morgan fingerprint density at radius 2 is 1.80 bits per heavy atom. The number of likely N-dealkylation sites (tertiary alicyclic amines) is 1. The van der Waals surface area contributed by atoms with E-state index in [4.69, 9.17) is 10.3 Å². The Morgan fingerprint density at radius 1 is 1.10 bits per heavy atom. The summed E-state index contributed by atoms with van der Waals surface area (Å²) in [5, 5.41) is 15.6. The van der Waals surface area contributed by atoms with E-state index in [1.165, 1.54) is 12.8 Å². The van der Waals surface area contributed by atoms with E-state index >= 15 is 0 Å². The number of fused-ring (bicyclic) bond motifs is 1. The van der Waals surface area contributed by atoms with Crippen LogP contribution in [-0.4, -0.2) is 35.4 Å². The molecule has 1 atom stereocenters. The Hall–Kier alpha value is -3.12. The number of para-hydroxylation sites is 1. The number of hydrogen-bond donors (Lipinski definition) is 2. The van der Waals surface area contributed by atoms with Gasteiger partial charge < -0.3 is 20.3 Å². The van der Waals surface area contributed by atoms with E-state index in [0.29, 0.717) is 17.4 Å². The highest BCUT2D eigenvalue weighted by Crippen LogP contribution is 2.36. The van der Waals surface area contributed by atoms with E-state index in [1.807, 2.05) is 36.4 Å². The summed E-state index contributed by atoms with van der Waals surface area (Å²) in [6.45, 7) is 3.11. The largest absolute Gasteiger partial charge is 0.507 e. The van der Waals surface area contributed by atoms with Crippen molar-refractivity contribution >= 4 is 16.7 Å². The fourth-order valence-electron chi connectivity index (χ4n) is 4.28. The van der Waals surface area contributed by atoms with Gasteiger partial charge in [-0.3, -0.25) is 0 Å². The van der Waals surface area contributed by atoms with Gasteiger partial charge in [0.05, 0.1) is 10.9 Å². The monoisotopic (exact) mass is 405 g/mol. The molecule has 30 heavy (non-hydrogen) atoms. The van der Waals surface area contributed by atoms with Gasteiger partial charge in [0.15, 0.2) is 0 Å². The number of aromatic hydroxyl groups is 1. The zero-order chi connectivity index (χ0) is 20.9. The number of hydrazone groups is 1. The van der Waals surface area contributed by atoms with Crippen molar-refractivity contribution in [2.45, 2.75) is 31.6 Å². The fourth-order valence-corrected chi connectivity index (χ4v) is 4.28. The maximum absolute atomic E-state index is 12.9. The molecule has 6 heteroatoms. The van der Waals surface area contributed by atoms with Gasteiger partial charge in [-0.25, -0.2) is 4.79 Å². The van der Waals surface area contributed by atoms with Crippen molar-refractivity contribution in [2.75, 3.05) is 19.6 Å². The lowest BCUT2D eigenvalue weighted by Gasteiger charge is -2.21. The summed E-state index contributed by atoms with van der Waals surface area (Å²) < 4.78 is 5.54. The summed E-state index contributed by atoms with van der Waals surface area (Å²) in [6, 6.07) is 16.7. The minimum atomic E-state index is -0.532. The van der Waals surface area contributed by atoms with Gasteiger partial charge in [0, 0.05) is 24.6 Å². The zero-order valence-electron chi connectivity index (χ0n) is 17.0. The van der Waals surface area contributed by atoms with Crippen molar-refractivity contribution < 1.29 is 9.52 Å². The number of benzene rings is 2. The second-order valence-electron chi connectivity index (χ2n) is 7.81. The zero-order valence-corrected chi connectivity index (χ0v) is 17.0. The standard InChI is InChI=1S/C24H27N3O3/c25-26-18(12-15-27-13-6-7-14-27)16-20(17-8-2-1-3-9-17)22-23(28)19-10-4-5-11-21(19)30-24(22)29/h1-5,8-11,20,28H,6-7,12-16,25H2/b26-18+/t20-/m0/s1. The lowest BCUT2D eigenvalue weighted by atomic mass is 9.86. The topological polar surface area (TPSA) is 92.1 Å². The molecule has 2 heterocycles. The van der Waals surface area contributed by atoms with Crippen LogP contribution in [0.25, 0.3) is 11.0 Å². The molecule has 0 unspecified atom stereocenters. The Balaban J connectivity index is 1.70. The third-order valence-corrected chi connectivity index (χ3v) is 5.91. The first-order valence-electron chi connectivity index (χ1n) is 10.4. The van der Waals surface area contributed by atoms with Crippen LogP contribution in [0.2, 0.25) is 0 Å². The molecule has 1 fully saturated rings. The van der Waals surface area contributed by atoms with Crippen LogP contribution in [0.1, 0.15) is 42.7 Å². The number of nitrogens with zero attached hydrogens (tertiary/aromatic N) is 2. The summed E-state index contributed by atoms with van der Waals surface area (Å²) in [7, 11) is 0. The van der Waals surface area contributed by atoms with Crippen LogP contribution in [-0.2, 0) is 0 Å². The SMILES string of the molecule is N/N=C(\CCN1CCCC1)C[C@@H](c1ccccc1)c1c(O)c2ccccc2oc1=O. The lowest BCUT2D eigenvalue weighted by Crippen LogP contribution is -2.24. The second-order valence-corrected chi connectivity index (χ2v) is 7.81. The van der Waals surface area contributed by atoms with Crippen LogP contribution in [0.4, 0.5) is 0 Å². The normalized spacial score (nSPS) is 16.2. The Bertz CT molecular complexity index is 1090. The van der Waals surface area contributed by atoms with Gasteiger partial charge in [-0.15, -0.1) is 0 Å². The molecule has 6 nitrogen and oxygen atoms in total. The highest BCUT2D eigenvalue weighted by Gasteiger charge is 2.26. The van der Waals surface area contributed by atoms with E-state index in [1.54, 1.807) is 18.2 Å². The van der Waals surface area contributed by atoms with Crippen LogP contribution >= 0.6 is 0 Å². The van der Waals surface area contributed by atoms with Gasteiger partial charge >= 0.3 is 5.63 Å². The second kappa shape index (κ2) is 9.13. The molecular weight excluding hydrogens is 378 g/mol. The van der Waals surface area contributed by atoms with Gasteiger partial charge in [0.1, 0.15) is 11.3 Å². The average Bonchev–Trinajstić information content (AvgIpc) is 3.29. The van der Waals surface area contributed by atoms with Crippen molar-refractivity contribution in [3.63, 3.8) is 0 Å². The third-order valence-electron chi connectivity index (χ3n) is 5.91. The van der Waals surface area contributed by atoms with Crippen LogP contribution < -0.4 is 11.5 Å². The average molecular weight is 405 g/mol. The number of hydrogen-bond acceptors (Lipinski definition) is 6. The molecule has 1 aliphatic heterocycles. The van der Waals surface area contributed by atoms with Crippen LogP contribution in [0.3, 0.4) is 0 Å². The van der Waals surface area contributed by atoms with Crippen LogP contribution in [0.5, 0.6) is 5.75 Å². The van der Waals surface area contributed by atoms with E-state index in [9.17, 15) is 9.90 Å². The molecule has 3 N–H and O–H groups in total. The third kappa shape index (κ3) is 4.24. The Kier molecular flexibility index (Phi) is 6.14. The maximum Gasteiger partial charge on any atom is 0.343 e. The molecule has 1 aliphatic rings. The van der Waals surface area contributed by atoms with Crippen molar-refractivity contribution in [1.29, 1.82) is 0 Å². The minimum Gasteiger partial charge on any atom is -0.507 e. The minimum absolute atomic E-state index is 0.0355. The van der Waals surface area contributed by atoms with E-state index in [2.05, 4.69) is 10.0 Å². The molecular formula is C24H27N3O3. The van der Waals surface area contributed by atoms with Gasteiger partial charge in [0.25, 0.3) is 0 Å². The Morgan fingerprint density at radius 3 is 2.53 bits per heavy atom. The molecule has 0 radical (unpaired) electrons. The number of nitrogens with two attached hydrogens (primary N) is 1. The van der Waals surface area contributed by atoms with Crippen molar-refractivity contribution in [1.82, 2.24) is 4.90 Å². The van der Waals surface area contributed by atoms with Crippen LogP contribution in [0, 0.1) is 0 Å². The molecule has 1 saturated heterocycles.